The molecule has 1 heterocycles. The molecule has 0 saturated carbocycles. The molecule has 0 saturated heterocycles. The second kappa shape index (κ2) is 12.6. The fraction of sp³-hybridized carbons (Fsp3) is 0.0833. The summed E-state index contributed by atoms with van der Waals surface area (Å²) < 4.78 is 2.43. The molecule has 0 bridgehead atoms. The van der Waals surface area contributed by atoms with Crippen LogP contribution >= 0.6 is 0 Å². The lowest BCUT2D eigenvalue weighted by Crippen LogP contribution is -1.98. The molecule has 0 N–H and O–H groups in total. The number of fused-ring (bicyclic) bond motifs is 3. The molecule has 0 radical (unpaired) electrons. The molecule has 7 aromatic rings. The topological polar surface area (TPSA) is 4.93 Å². The van der Waals surface area contributed by atoms with Gasteiger partial charge in [0, 0.05) is 22.4 Å². The standard InChI is InChI=1S/C48H37N/c1-4-10-34(11-5-1)37-16-20-40(21-17-37)42-26-30-47-45(32-42)46-33-43(41-22-18-38(19-23-41)35-12-6-2-7-13-35)27-31-48(46)49(47)44-28-24-39(25-29-44)36-14-8-3-9-15-36/h1,3-6,8-16,18-33,37H,2,7,17H2. The van der Waals surface area contributed by atoms with Gasteiger partial charge in [0.15, 0.2) is 0 Å². The number of benzene rings is 6. The normalized spacial score (nSPS) is 15.8. The molecule has 49 heavy (non-hydrogen) atoms. The van der Waals surface area contributed by atoms with Crippen molar-refractivity contribution in [1.82, 2.24) is 4.57 Å². The van der Waals surface area contributed by atoms with Crippen LogP contribution in [-0.2, 0) is 0 Å². The van der Waals surface area contributed by atoms with Crippen LogP contribution in [0.4, 0.5) is 0 Å². The molecule has 1 aromatic heterocycles. The Labute approximate surface area is 288 Å². The lowest BCUT2D eigenvalue weighted by molar-refractivity contribution is 0.857. The predicted molar refractivity (Wildman–Crippen MR) is 209 cm³/mol. The van der Waals surface area contributed by atoms with Gasteiger partial charge in [-0.1, -0.05) is 146 Å². The Kier molecular flexibility index (Phi) is 7.52. The molecule has 2 aliphatic carbocycles. The number of rotatable bonds is 6. The van der Waals surface area contributed by atoms with Gasteiger partial charge in [-0.2, -0.15) is 0 Å². The average Bonchev–Trinajstić information content (AvgIpc) is 3.52. The van der Waals surface area contributed by atoms with Crippen LogP contribution < -0.4 is 0 Å². The van der Waals surface area contributed by atoms with Crippen molar-refractivity contribution >= 4 is 33.0 Å². The lowest BCUT2D eigenvalue weighted by Gasteiger charge is -2.17. The van der Waals surface area contributed by atoms with Crippen molar-refractivity contribution in [1.29, 1.82) is 0 Å². The molecule has 0 amide bonds. The van der Waals surface area contributed by atoms with E-state index in [-0.39, 0.29) is 0 Å². The van der Waals surface area contributed by atoms with Crippen molar-refractivity contribution in [2.24, 2.45) is 0 Å². The SMILES string of the molecule is C1=CC(c2ccc(-c3ccc4c(c3)c3cc(C5=CCC(c6ccccc6)C=C5)ccc3n4-c3ccc(-c4ccccc4)cc3)cc2)=CCC1. The number of allylic oxidation sites excluding steroid dienone is 8. The van der Waals surface area contributed by atoms with E-state index in [1.165, 1.54) is 77.6 Å². The van der Waals surface area contributed by atoms with Crippen LogP contribution in [-0.4, -0.2) is 4.57 Å². The summed E-state index contributed by atoms with van der Waals surface area (Å²) in [5, 5.41) is 2.54. The molecule has 0 spiro atoms. The van der Waals surface area contributed by atoms with Gasteiger partial charge in [0.2, 0.25) is 0 Å². The largest absolute Gasteiger partial charge is 0.309 e. The lowest BCUT2D eigenvalue weighted by atomic mass is 9.88. The Morgan fingerprint density at radius 2 is 1.02 bits per heavy atom. The highest BCUT2D eigenvalue weighted by Gasteiger charge is 2.17. The number of nitrogens with zero attached hydrogens (tertiary/aromatic N) is 1. The zero-order valence-electron chi connectivity index (χ0n) is 27.5. The van der Waals surface area contributed by atoms with Gasteiger partial charge in [0.25, 0.3) is 0 Å². The van der Waals surface area contributed by atoms with E-state index >= 15 is 0 Å². The van der Waals surface area contributed by atoms with E-state index in [1.54, 1.807) is 0 Å². The second-order valence-electron chi connectivity index (χ2n) is 13.2. The van der Waals surface area contributed by atoms with Gasteiger partial charge < -0.3 is 4.57 Å². The monoisotopic (exact) mass is 627 g/mol. The summed E-state index contributed by atoms with van der Waals surface area (Å²) in [6.07, 6.45) is 17.2. The minimum atomic E-state index is 0.425. The first-order valence-electron chi connectivity index (χ1n) is 17.4. The molecule has 1 heteroatoms. The molecule has 1 unspecified atom stereocenters. The first-order chi connectivity index (χ1) is 24.3. The quantitative estimate of drug-likeness (QED) is 0.173. The summed E-state index contributed by atoms with van der Waals surface area (Å²) in [5.41, 5.74) is 15.1. The Balaban J connectivity index is 1.14. The van der Waals surface area contributed by atoms with Gasteiger partial charge in [-0.25, -0.2) is 0 Å². The molecule has 2 aliphatic rings. The summed E-state index contributed by atoms with van der Waals surface area (Å²) in [7, 11) is 0. The van der Waals surface area contributed by atoms with Crippen LogP contribution in [0.2, 0.25) is 0 Å². The fourth-order valence-electron chi connectivity index (χ4n) is 7.56. The highest BCUT2D eigenvalue weighted by atomic mass is 15.0. The number of aromatic nitrogens is 1. The molecular weight excluding hydrogens is 591 g/mol. The smallest absolute Gasteiger partial charge is 0.0541 e. The van der Waals surface area contributed by atoms with Crippen molar-refractivity contribution in [2.75, 3.05) is 0 Å². The third-order valence-corrected chi connectivity index (χ3v) is 10.2. The molecule has 234 valence electrons. The van der Waals surface area contributed by atoms with Crippen LogP contribution in [0.15, 0.2) is 182 Å². The van der Waals surface area contributed by atoms with E-state index in [4.69, 9.17) is 0 Å². The minimum absolute atomic E-state index is 0.425. The average molecular weight is 628 g/mol. The molecule has 1 atom stereocenters. The third-order valence-electron chi connectivity index (χ3n) is 10.2. The Morgan fingerprint density at radius 1 is 0.449 bits per heavy atom. The maximum absolute atomic E-state index is 2.43. The van der Waals surface area contributed by atoms with E-state index in [9.17, 15) is 0 Å². The molecule has 6 aromatic carbocycles. The Morgan fingerprint density at radius 3 is 1.69 bits per heavy atom. The summed E-state index contributed by atoms with van der Waals surface area (Å²) in [5.74, 6) is 0.425. The van der Waals surface area contributed by atoms with Gasteiger partial charge >= 0.3 is 0 Å². The summed E-state index contributed by atoms with van der Waals surface area (Å²) in [4.78, 5) is 0. The van der Waals surface area contributed by atoms with E-state index in [2.05, 4.69) is 187 Å². The highest BCUT2D eigenvalue weighted by Crippen LogP contribution is 2.38. The van der Waals surface area contributed by atoms with Crippen LogP contribution in [0.3, 0.4) is 0 Å². The zero-order chi connectivity index (χ0) is 32.6. The van der Waals surface area contributed by atoms with Crippen LogP contribution in [0.1, 0.15) is 41.9 Å². The fourth-order valence-corrected chi connectivity index (χ4v) is 7.56. The zero-order valence-corrected chi connectivity index (χ0v) is 27.5. The molecular formula is C48H37N. The van der Waals surface area contributed by atoms with Gasteiger partial charge in [0.05, 0.1) is 11.0 Å². The van der Waals surface area contributed by atoms with Gasteiger partial charge in [0.1, 0.15) is 0 Å². The van der Waals surface area contributed by atoms with E-state index in [0.29, 0.717) is 5.92 Å². The minimum Gasteiger partial charge on any atom is -0.309 e. The van der Waals surface area contributed by atoms with E-state index in [1.807, 2.05) is 0 Å². The Bertz CT molecular complexity index is 2420. The first-order valence-corrected chi connectivity index (χ1v) is 17.4. The molecule has 1 nitrogen and oxygen atoms in total. The van der Waals surface area contributed by atoms with Gasteiger partial charge in [-0.3, -0.25) is 0 Å². The van der Waals surface area contributed by atoms with E-state index < -0.39 is 0 Å². The van der Waals surface area contributed by atoms with Crippen LogP contribution in [0, 0.1) is 0 Å². The van der Waals surface area contributed by atoms with Crippen molar-refractivity contribution in [3.05, 3.63) is 199 Å². The maximum Gasteiger partial charge on any atom is 0.0541 e. The highest BCUT2D eigenvalue weighted by molar-refractivity contribution is 6.11. The number of hydrogen-bond donors (Lipinski definition) is 0. The van der Waals surface area contributed by atoms with Crippen LogP contribution in [0.25, 0.3) is 60.9 Å². The predicted octanol–water partition coefficient (Wildman–Crippen LogP) is 13.0. The van der Waals surface area contributed by atoms with Crippen molar-refractivity contribution in [3.63, 3.8) is 0 Å². The van der Waals surface area contributed by atoms with Crippen molar-refractivity contribution in [2.45, 2.75) is 25.2 Å². The second-order valence-corrected chi connectivity index (χ2v) is 13.2. The van der Waals surface area contributed by atoms with Crippen molar-refractivity contribution in [3.8, 4) is 27.9 Å². The third kappa shape index (κ3) is 5.58. The number of hydrogen-bond acceptors (Lipinski definition) is 0. The Hall–Kier alpha value is -5.92. The van der Waals surface area contributed by atoms with E-state index in [0.717, 1.165) is 19.3 Å². The molecule has 0 fully saturated rings. The molecule has 0 aliphatic heterocycles. The molecule has 9 rings (SSSR count). The first kappa shape index (κ1) is 29.2. The summed E-state index contributed by atoms with van der Waals surface area (Å²) >= 11 is 0. The summed E-state index contributed by atoms with van der Waals surface area (Å²) in [6.45, 7) is 0. The van der Waals surface area contributed by atoms with Gasteiger partial charge in [-0.15, -0.1) is 0 Å². The van der Waals surface area contributed by atoms with Crippen LogP contribution in [0.5, 0.6) is 0 Å². The summed E-state index contributed by atoms with van der Waals surface area (Å²) in [6, 6.07) is 53.5. The van der Waals surface area contributed by atoms with Crippen molar-refractivity contribution < 1.29 is 0 Å². The maximum atomic E-state index is 2.43. The van der Waals surface area contributed by atoms with Gasteiger partial charge in [-0.05, 0) is 106 Å².